The average molecular weight is 341 g/mol. The Morgan fingerprint density at radius 1 is 1.28 bits per heavy atom. The molecule has 1 fully saturated rings. The summed E-state index contributed by atoms with van der Waals surface area (Å²) in [5, 5.41) is 9.09. The summed E-state index contributed by atoms with van der Waals surface area (Å²) >= 11 is 0. The van der Waals surface area contributed by atoms with Gasteiger partial charge in [-0.25, -0.2) is 0 Å². The lowest BCUT2D eigenvalue weighted by Gasteiger charge is -2.39. The highest BCUT2D eigenvalue weighted by Crippen LogP contribution is 2.41. The van der Waals surface area contributed by atoms with Crippen molar-refractivity contribution >= 4 is 11.4 Å². The fraction of sp³-hybridized carbons (Fsp3) is 0.571. The number of ether oxygens (including phenoxy) is 1. The Bertz CT molecular complexity index is 701. The van der Waals surface area contributed by atoms with E-state index in [0.29, 0.717) is 18.9 Å². The molecule has 4 nitrogen and oxygen atoms in total. The van der Waals surface area contributed by atoms with Crippen LogP contribution in [-0.4, -0.2) is 54.7 Å². The maximum absolute atomic E-state index is 12.6. The molecule has 2 heterocycles. The fourth-order valence-electron chi connectivity index (χ4n) is 4.73. The third kappa shape index (κ3) is 3.19. The minimum Gasteiger partial charge on any atom is -0.395 e. The van der Waals surface area contributed by atoms with E-state index in [1.165, 1.54) is 16.7 Å². The van der Waals surface area contributed by atoms with Crippen molar-refractivity contribution < 1.29 is 14.6 Å². The van der Waals surface area contributed by atoms with Gasteiger partial charge in [-0.1, -0.05) is 23.8 Å². The molecule has 0 spiro atoms. The van der Waals surface area contributed by atoms with Gasteiger partial charge < -0.3 is 14.7 Å². The van der Waals surface area contributed by atoms with Gasteiger partial charge in [-0.15, -0.1) is 0 Å². The molecule has 0 bridgehead atoms. The predicted molar refractivity (Wildman–Crippen MR) is 97.7 cm³/mol. The minimum absolute atomic E-state index is 0.238. The summed E-state index contributed by atoms with van der Waals surface area (Å²) in [6.45, 7) is 5.82. The van der Waals surface area contributed by atoms with Crippen LogP contribution < -0.4 is 0 Å². The number of nitrogens with zero attached hydrogens (tertiary/aromatic N) is 1. The van der Waals surface area contributed by atoms with E-state index in [2.05, 4.69) is 17.9 Å². The van der Waals surface area contributed by atoms with Gasteiger partial charge in [0.2, 0.25) is 0 Å². The van der Waals surface area contributed by atoms with E-state index in [9.17, 15) is 4.79 Å². The second-order valence-electron chi connectivity index (χ2n) is 7.64. The first kappa shape index (κ1) is 17.0. The number of likely N-dealkylation sites (tertiary alicyclic amines) is 1. The number of ketones is 1. The van der Waals surface area contributed by atoms with Crippen molar-refractivity contribution in [2.45, 2.75) is 38.7 Å². The highest BCUT2D eigenvalue weighted by molar-refractivity contribution is 6.06. The Kier molecular flexibility index (Phi) is 4.76. The number of fused-ring (bicyclic) bond motifs is 2. The van der Waals surface area contributed by atoms with Crippen molar-refractivity contribution in [3.63, 3.8) is 0 Å². The van der Waals surface area contributed by atoms with Crippen molar-refractivity contribution in [3.05, 3.63) is 40.5 Å². The summed E-state index contributed by atoms with van der Waals surface area (Å²) in [6.07, 6.45) is 3.95. The van der Waals surface area contributed by atoms with Crippen LogP contribution in [-0.2, 0) is 4.74 Å². The van der Waals surface area contributed by atoms with Crippen molar-refractivity contribution in [1.82, 2.24) is 4.90 Å². The van der Waals surface area contributed by atoms with Crippen molar-refractivity contribution in [2.24, 2.45) is 5.92 Å². The van der Waals surface area contributed by atoms with E-state index in [1.54, 1.807) is 0 Å². The molecule has 1 aliphatic carbocycles. The van der Waals surface area contributed by atoms with Crippen LogP contribution in [0, 0.1) is 12.8 Å². The largest absolute Gasteiger partial charge is 0.395 e. The summed E-state index contributed by atoms with van der Waals surface area (Å²) < 4.78 is 6.29. The van der Waals surface area contributed by atoms with E-state index < -0.39 is 0 Å². The summed E-state index contributed by atoms with van der Waals surface area (Å²) in [5.74, 6) is 0.827. The topological polar surface area (TPSA) is 49.8 Å². The van der Waals surface area contributed by atoms with Gasteiger partial charge in [0.05, 0.1) is 19.3 Å². The fourth-order valence-corrected chi connectivity index (χ4v) is 4.73. The Hall–Kier alpha value is -1.49. The molecule has 25 heavy (non-hydrogen) atoms. The number of Topliss-reactive ketones (excluding diaryl/α,β-unsaturated/α-hetero) is 1. The molecule has 1 aromatic carbocycles. The number of carbonyl (C=O) groups excluding carboxylic acids is 1. The molecule has 134 valence electrons. The normalized spacial score (nSPS) is 25.0. The summed E-state index contributed by atoms with van der Waals surface area (Å²) in [6, 6.07) is 6.02. The number of aryl methyl sites for hydroxylation is 1. The number of aliphatic hydroxyl groups is 1. The Morgan fingerprint density at radius 3 is 2.84 bits per heavy atom. The quantitative estimate of drug-likeness (QED) is 0.918. The molecule has 1 atom stereocenters. The van der Waals surface area contributed by atoms with E-state index in [0.717, 1.165) is 50.0 Å². The SMILES string of the molecule is Cc1cccc2c1C1=C(CC2=O)CC(C2CCN(CCO)CC2)OC1. The Labute approximate surface area is 149 Å². The third-order valence-electron chi connectivity index (χ3n) is 6.14. The zero-order valence-electron chi connectivity index (χ0n) is 15.0. The first-order valence-electron chi connectivity index (χ1n) is 9.46. The lowest BCUT2D eigenvalue weighted by molar-refractivity contribution is -0.00173. The summed E-state index contributed by atoms with van der Waals surface area (Å²) in [5.41, 5.74) is 5.75. The third-order valence-corrected chi connectivity index (χ3v) is 6.14. The van der Waals surface area contributed by atoms with Crippen LogP contribution in [0.3, 0.4) is 0 Å². The number of benzene rings is 1. The van der Waals surface area contributed by atoms with Gasteiger partial charge in [-0.2, -0.15) is 0 Å². The van der Waals surface area contributed by atoms with Crippen molar-refractivity contribution in [3.8, 4) is 0 Å². The van der Waals surface area contributed by atoms with Gasteiger partial charge in [-0.3, -0.25) is 4.79 Å². The minimum atomic E-state index is 0.238. The number of β-amino-alcohol motifs (C(OH)–C–C–N with tert-alkyl or cyclic N) is 1. The molecule has 4 heteroatoms. The number of hydrogen-bond acceptors (Lipinski definition) is 4. The van der Waals surface area contributed by atoms with E-state index in [-0.39, 0.29) is 18.5 Å². The zero-order valence-corrected chi connectivity index (χ0v) is 15.0. The van der Waals surface area contributed by atoms with Crippen LogP contribution in [0.4, 0.5) is 0 Å². The summed E-state index contributed by atoms with van der Waals surface area (Å²) in [7, 11) is 0. The van der Waals surface area contributed by atoms with E-state index >= 15 is 0 Å². The molecular formula is C21H27NO3. The van der Waals surface area contributed by atoms with Gasteiger partial charge in [0.25, 0.3) is 0 Å². The molecule has 0 amide bonds. The van der Waals surface area contributed by atoms with Crippen LogP contribution in [0.5, 0.6) is 0 Å². The monoisotopic (exact) mass is 341 g/mol. The second-order valence-corrected chi connectivity index (χ2v) is 7.64. The lowest BCUT2D eigenvalue weighted by atomic mass is 9.77. The molecule has 0 saturated carbocycles. The molecule has 3 aliphatic rings. The average Bonchev–Trinajstić information content (AvgIpc) is 2.63. The Balaban J connectivity index is 1.51. The zero-order chi connectivity index (χ0) is 17.4. The van der Waals surface area contributed by atoms with Crippen LogP contribution in [0.15, 0.2) is 23.8 Å². The molecule has 0 aromatic heterocycles. The van der Waals surface area contributed by atoms with Crippen LogP contribution in [0.2, 0.25) is 0 Å². The number of hydrogen-bond donors (Lipinski definition) is 1. The highest BCUT2D eigenvalue weighted by atomic mass is 16.5. The second kappa shape index (κ2) is 7.02. The van der Waals surface area contributed by atoms with E-state index in [1.807, 2.05) is 12.1 Å². The van der Waals surface area contributed by atoms with Crippen LogP contribution in [0.25, 0.3) is 5.57 Å². The number of aliphatic hydroxyl groups excluding tert-OH is 1. The Morgan fingerprint density at radius 2 is 2.08 bits per heavy atom. The van der Waals surface area contributed by atoms with Crippen molar-refractivity contribution in [1.29, 1.82) is 0 Å². The first-order chi connectivity index (χ1) is 12.2. The highest BCUT2D eigenvalue weighted by Gasteiger charge is 2.35. The van der Waals surface area contributed by atoms with Gasteiger partial charge in [-0.05, 0) is 61.9 Å². The predicted octanol–water partition coefficient (Wildman–Crippen LogP) is 2.83. The van der Waals surface area contributed by atoms with Crippen LogP contribution >= 0.6 is 0 Å². The van der Waals surface area contributed by atoms with Crippen molar-refractivity contribution in [2.75, 3.05) is 32.8 Å². The maximum Gasteiger partial charge on any atom is 0.167 e. The standard InChI is InChI=1S/C21H27NO3/c1-14-3-2-4-17-19(24)11-16-12-20(25-13-18(16)21(14)17)15-5-7-22(8-6-15)9-10-23/h2-4,15,20,23H,5-13H2,1H3. The summed E-state index contributed by atoms with van der Waals surface area (Å²) in [4.78, 5) is 14.9. The molecule has 2 aliphatic heterocycles. The molecule has 4 rings (SSSR count). The molecule has 1 N–H and O–H groups in total. The molecule has 1 unspecified atom stereocenters. The molecule has 1 saturated heterocycles. The molecular weight excluding hydrogens is 314 g/mol. The smallest absolute Gasteiger partial charge is 0.167 e. The lowest BCUT2D eigenvalue weighted by Crippen LogP contribution is -2.41. The number of carbonyl (C=O) groups is 1. The number of piperidine rings is 1. The van der Waals surface area contributed by atoms with Gasteiger partial charge >= 0.3 is 0 Å². The molecule has 1 aromatic rings. The van der Waals surface area contributed by atoms with E-state index in [4.69, 9.17) is 9.84 Å². The molecule has 0 radical (unpaired) electrons. The maximum atomic E-state index is 12.6. The first-order valence-corrected chi connectivity index (χ1v) is 9.46. The van der Waals surface area contributed by atoms with Gasteiger partial charge in [0.1, 0.15) is 0 Å². The van der Waals surface area contributed by atoms with Crippen LogP contribution in [0.1, 0.15) is 47.2 Å². The number of rotatable bonds is 3. The van der Waals surface area contributed by atoms with Gasteiger partial charge in [0, 0.05) is 18.5 Å². The van der Waals surface area contributed by atoms with Gasteiger partial charge in [0.15, 0.2) is 5.78 Å².